The number of thiocarbonyl (C=S) groups is 2. The maximum Gasteiger partial charge on any atom is 0.186 e. The van der Waals surface area contributed by atoms with Crippen molar-refractivity contribution in [2.75, 3.05) is 14.1 Å². The molecule has 0 spiro atoms. The predicted octanol–water partition coefficient (Wildman–Crippen LogP) is 1.42. The Kier molecular flexibility index (Phi) is 6.77. The Morgan fingerprint density at radius 3 is 2.24 bits per heavy atom. The molecule has 0 aromatic carbocycles. The van der Waals surface area contributed by atoms with E-state index >= 15 is 0 Å². The molecule has 2 rings (SSSR count). The molecule has 7 nitrogen and oxygen atoms in total. The van der Waals surface area contributed by atoms with Crippen LogP contribution in [0.4, 0.5) is 0 Å². The van der Waals surface area contributed by atoms with E-state index < -0.39 is 0 Å². The van der Waals surface area contributed by atoms with Crippen molar-refractivity contribution in [3.05, 3.63) is 30.1 Å². The van der Waals surface area contributed by atoms with Gasteiger partial charge >= 0.3 is 0 Å². The molecule has 1 aromatic heterocycles. The topological polar surface area (TPSA) is 85.7 Å². The molecule has 1 fully saturated rings. The van der Waals surface area contributed by atoms with Gasteiger partial charge < -0.3 is 10.6 Å². The van der Waals surface area contributed by atoms with Gasteiger partial charge in [0.25, 0.3) is 0 Å². The van der Waals surface area contributed by atoms with Gasteiger partial charge in [0.15, 0.2) is 10.2 Å². The molecule has 0 bridgehead atoms. The smallest absolute Gasteiger partial charge is 0.186 e. The molecule has 1 aliphatic carbocycles. The van der Waals surface area contributed by atoms with Crippen LogP contribution >= 0.6 is 24.4 Å². The Morgan fingerprint density at radius 1 is 1.12 bits per heavy atom. The van der Waals surface area contributed by atoms with Gasteiger partial charge in [0.2, 0.25) is 0 Å². The van der Waals surface area contributed by atoms with Crippen molar-refractivity contribution in [1.29, 1.82) is 0 Å². The third-order valence-electron chi connectivity index (χ3n) is 4.27. The van der Waals surface area contributed by atoms with Gasteiger partial charge in [-0.1, -0.05) is 12.5 Å². The largest absolute Gasteiger partial charge is 0.364 e. The Hall–Kier alpha value is -2.13. The summed E-state index contributed by atoms with van der Waals surface area (Å²) in [5.74, 6) is 0. The quantitative estimate of drug-likeness (QED) is 0.351. The van der Waals surface area contributed by atoms with E-state index in [1.165, 1.54) is 0 Å². The number of nitrogens with zero attached hydrogens (tertiary/aromatic N) is 3. The lowest BCUT2D eigenvalue weighted by atomic mass is 9.61. The Balaban J connectivity index is 2.40. The lowest BCUT2D eigenvalue weighted by Gasteiger charge is -2.42. The predicted molar refractivity (Wildman–Crippen MR) is 110 cm³/mol. The molecule has 0 atom stereocenters. The van der Waals surface area contributed by atoms with Gasteiger partial charge in [-0.3, -0.25) is 15.8 Å². The highest BCUT2D eigenvalue weighted by Crippen LogP contribution is 2.45. The summed E-state index contributed by atoms with van der Waals surface area (Å²) in [5, 5.41) is 15.5. The first-order valence-electron chi connectivity index (χ1n) is 8.02. The summed E-state index contributed by atoms with van der Waals surface area (Å²) in [5.41, 5.74) is 8.19. The van der Waals surface area contributed by atoms with Gasteiger partial charge in [-0.05, 0) is 55.8 Å². The Morgan fingerprint density at radius 2 is 1.76 bits per heavy atom. The minimum atomic E-state index is -0.221. The molecule has 1 aliphatic rings. The van der Waals surface area contributed by atoms with Gasteiger partial charge in [-0.25, -0.2) is 0 Å². The van der Waals surface area contributed by atoms with Crippen molar-refractivity contribution in [2.45, 2.75) is 31.6 Å². The number of nitrogens with one attached hydrogen (secondary N) is 4. The lowest BCUT2D eigenvalue weighted by Crippen LogP contribution is -2.48. The molecule has 1 saturated carbocycles. The number of hydrogen-bond acceptors (Lipinski definition) is 5. The van der Waals surface area contributed by atoms with Crippen LogP contribution in [-0.4, -0.2) is 40.7 Å². The second-order valence-corrected chi connectivity index (χ2v) is 6.53. The maximum atomic E-state index is 5.15. The zero-order chi connectivity index (χ0) is 18.3. The zero-order valence-electron chi connectivity index (χ0n) is 14.6. The second-order valence-electron chi connectivity index (χ2n) is 5.72. The van der Waals surface area contributed by atoms with Crippen molar-refractivity contribution >= 4 is 46.1 Å². The molecule has 0 saturated heterocycles. The molecule has 4 N–H and O–H groups in total. The van der Waals surface area contributed by atoms with E-state index in [2.05, 4.69) is 42.7 Å². The molecule has 0 radical (unpaired) electrons. The normalized spacial score (nSPS) is 16.4. The van der Waals surface area contributed by atoms with Gasteiger partial charge in [0.05, 0.1) is 11.4 Å². The summed E-state index contributed by atoms with van der Waals surface area (Å²) in [6, 6.07) is 4.02. The molecule has 134 valence electrons. The summed E-state index contributed by atoms with van der Waals surface area (Å²) in [4.78, 5) is 4.27. The number of hydrazone groups is 2. The molecule has 0 aliphatic heterocycles. The fourth-order valence-electron chi connectivity index (χ4n) is 2.78. The fraction of sp³-hybridized carbons (Fsp3) is 0.438. The highest BCUT2D eigenvalue weighted by molar-refractivity contribution is 7.80. The van der Waals surface area contributed by atoms with Gasteiger partial charge in [-0.2, -0.15) is 10.2 Å². The van der Waals surface area contributed by atoms with Crippen molar-refractivity contribution in [3.8, 4) is 0 Å². The third-order valence-corrected chi connectivity index (χ3v) is 4.86. The second kappa shape index (κ2) is 8.82. The molecule has 25 heavy (non-hydrogen) atoms. The molecule has 0 unspecified atom stereocenters. The van der Waals surface area contributed by atoms with Crippen LogP contribution < -0.4 is 21.5 Å². The monoisotopic (exact) mass is 377 g/mol. The molecule has 9 heteroatoms. The highest BCUT2D eigenvalue weighted by Gasteiger charge is 2.45. The SMILES string of the molecule is CNC(=S)N/N=C(C)/C(=N/NC(=S)NC)C1(c2cccnc2)CCC1. The summed E-state index contributed by atoms with van der Waals surface area (Å²) in [7, 11) is 3.49. The van der Waals surface area contributed by atoms with E-state index in [1.54, 1.807) is 20.3 Å². The van der Waals surface area contributed by atoms with Crippen LogP contribution in [0, 0.1) is 0 Å². The van der Waals surface area contributed by atoms with Crippen molar-refractivity contribution in [2.24, 2.45) is 10.2 Å². The summed E-state index contributed by atoms with van der Waals surface area (Å²) >= 11 is 10.2. The minimum absolute atomic E-state index is 0.221. The first kappa shape index (κ1) is 19.2. The molecule has 0 amide bonds. The average Bonchev–Trinajstić information content (AvgIpc) is 2.61. The van der Waals surface area contributed by atoms with Gasteiger partial charge in [0, 0.05) is 31.9 Å². The van der Waals surface area contributed by atoms with Crippen LogP contribution in [0.1, 0.15) is 31.7 Å². The van der Waals surface area contributed by atoms with Crippen molar-refractivity contribution in [3.63, 3.8) is 0 Å². The standard InChI is InChI=1S/C16H23N7S2/c1-11(20-22-14(24)17-2)13(21-23-15(25)18-3)16(7-5-8-16)12-6-4-9-19-10-12/h4,6,9-10H,5,7-8H2,1-3H3,(H2,17,22,24)(H2,18,23,25)/b20-11+,21-13-. The summed E-state index contributed by atoms with van der Waals surface area (Å²) < 4.78 is 0. The van der Waals surface area contributed by atoms with Crippen LogP contribution in [0.3, 0.4) is 0 Å². The highest BCUT2D eigenvalue weighted by atomic mass is 32.1. The fourth-order valence-corrected chi connectivity index (χ4v) is 2.87. The van der Waals surface area contributed by atoms with Crippen LogP contribution in [0.2, 0.25) is 0 Å². The minimum Gasteiger partial charge on any atom is -0.364 e. The summed E-state index contributed by atoms with van der Waals surface area (Å²) in [6.07, 6.45) is 6.75. The summed E-state index contributed by atoms with van der Waals surface area (Å²) in [6.45, 7) is 1.91. The van der Waals surface area contributed by atoms with E-state index in [0.29, 0.717) is 10.2 Å². The number of hydrogen-bond donors (Lipinski definition) is 4. The lowest BCUT2D eigenvalue weighted by molar-refractivity contribution is 0.341. The van der Waals surface area contributed by atoms with Crippen molar-refractivity contribution < 1.29 is 0 Å². The maximum absolute atomic E-state index is 5.15. The van der Waals surface area contributed by atoms with Crippen molar-refractivity contribution in [1.82, 2.24) is 26.5 Å². The van der Waals surface area contributed by atoms with E-state index in [4.69, 9.17) is 24.4 Å². The van der Waals surface area contributed by atoms with Crippen LogP contribution in [-0.2, 0) is 5.41 Å². The number of aromatic nitrogens is 1. The van der Waals surface area contributed by atoms with Crippen LogP contribution in [0.15, 0.2) is 34.7 Å². The zero-order valence-corrected chi connectivity index (χ0v) is 16.2. The van der Waals surface area contributed by atoms with E-state index in [1.807, 2.05) is 19.2 Å². The first-order valence-corrected chi connectivity index (χ1v) is 8.84. The molecule has 1 aromatic rings. The van der Waals surface area contributed by atoms with Crippen LogP contribution in [0.5, 0.6) is 0 Å². The van der Waals surface area contributed by atoms with E-state index in [9.17, 15) is 0 Å². The third kappa shape index (κ3) is 4.49. The van der Waals surface area contributed by atoms with Gasteiger partial charge in [-0.15, -0.1) is 0 Å². The van der Waals surface area contributed by atoms with Crippen LogP contribution in [0.25, 0.3) is 0 Å². The molecular weight excluding hydrogens is 354 g/mol. The van der Waals surface area contributed by atoms with Gasteiger partial charge in [0.1, 0.15) is 0 Å². The van der Waals surface area contributed by atoms with E-state index in [-0.39, 0.29) is 5.41 Å². The Bertz CT molecular complexity index is 681. The average molecular weight is 378 g/mol. The number of pyridine rings is 1. The number of rotatable bonds is 5. The van der Waals surface area contributed by atoms with E-state index in [0.717, 1.165) is 36.2 Å². The molecule has 1 heterocycles. The first-order chi connectivity index (χ1) is 12.0. The Labute approximate surface area is 158 Å². The molecular formula is C16H23N7S2.